The third-order valence-electron chi connectivity index (χ3n) is 8.43. The number of hydrogen-bond acceptors (Lipinski definition) is 10. The van der Waals surface area contributed by atoms with Gasteiger partial charge in [-0.05, 0) is 63.0 Å². The number of piperidine rings is 1. The molecule has 0 amide bonds. The first-order chi connectivity index (χ1) is 21.3. The van der Waals surface area contributed by atoms with E-state index in [9.17, 15) is 4.79 Å². The number of fused-ring (bicyclic) bond motifs is 2. The fourth-order valence-corrected chi connectivity index (χ4v) is 6.13. The highest BCUT2D eigenvalue weighted by atomic mass is 35.5. The van der Waals surface area contributed by atoms with Crippen LogP contribution >= 0.6 is 11.6 Å². The topological polar surface area (TPSA) is 133 Å². The minimum Gasteiger partial charge on any atom is -0.443 e. The maximum atomic E-state index is 11.5. The van der Waals surface area contributed by atoms with Gasteiger partial charge in [-0.25, -0.2) is 9.78 Å². The Morgan fingerprint density at radius 2 is 2.00 bits per heavy atom. The monoisotopic (exact) mass is 617 g/mol. The molecule has 1 aromatic carbocycles. The second-order valence-corrected chi connectivity index (χ2v) is 11.9. The molecular formula is C31H32ClN7O5. The van der Waals surface area contributed by atoms with Gasteiger partial charge in [-0.1, -0.05) is 28.9 Å². The second-order valence-electron chi connectivity index (χ2n) is 11.4. The summed E-state index contributed by atoms with van der Waals surface area (Å²) in [4.78, 5) is 30.4. The van der Waals surface area contributed by atoms with E-state index >= 15 is 0 Å². The highest BCUT2D eigenvalue weighted by molar-refractivity contribution is 6.30. The van der Waals surface area contributed by atoms with Gasteiger partial charge in [0.15, 0.2) is 11.5 Å². The lowest BCUT2D eigenvalue weighted by Crippen LogP contribution is -2.34. The molecule has 1 saturated heterocycles. The van der Waals surface area contributed by atoms with Crippen molar-refractivity contribution < 1.29 is 18.7 Å². The lowest BCUT2D eigenvalue weighted by Gasteiger charge is -2.32. The second kappa shape index (κ2) is 11.3. The van der Waals surface area contributed by atoms with E-state index in [0.29, 0.717) is 35.4 Å². The van der Waals surface area contributed by atoms with Gasteiger partial charge in [0.2, 0.25) is 5.82 Å². The number of nitrogens with one attached hydrogen (secondary N) is 1. The van der Waals surface area contributed by atoms with Gasteiger partial charge < -0.3 is 18.8 Å². The number of methoxy groups -OCH3 is 1. The van der Waals surface area contributed by atoms with Gasteiger partial charge in [-0.2, -0.15) is 0 Å². The van der Waals surface area contributed by atoms with Crippen LogP contribution in [0, 0.1) is 0 Å². The lowest BCUT2D eigenvalue weighted by atomic mass is 9.88. The fraction of sp³-hybridized carbons (Fsp3) is 0.387. The predicted octanol–water partition coefficient (Wildman–Crippen LogP) is 4.88. The van der Waals surface area contributed by atoms with Crippen LogP contribution in [0.2, 0.25) is 5.02 Å². The van der Waals surface area contributed by atoms with Crippen LogP contribution in [-0.2, 0) is 23.6 Å². The number of hydrogen-bond donors (Lipinski definition) is 1. The molecule has 0 bridgehead atoms. The Morgan fingerprint density at radius 3 is 2.73 bits per heavy atom. The van der Waals surface area contributed by atoms with Gasteiger partial charge >= 0.3 is 5.76 Å². The summed E-state index contributed by atoms with van der Waals surface area (Å²) >= 11 is 6.05. The van der Waals surface area contributed by atoms with Gasteiger partial charge in [0, 0.05) is 25.8 Å². The van der Waals surface area contributed by atoms with Crippen LogP contribution in [0.1, 0.15) is 49.7 Å². The minimum atomic E-state index is -1.01. The van der Waals surface area contributed by atoms with Gasteiger partial charge in [0.05, 0.1) is 41.4 Å². The Bertz CT molecular complexity index is 1860. The first-order valence-electron chi connectivity index (χ1n) is 14.6. The van der Waals surface area contributed by atoms with E-state index < -0.39 is 11.5 Å². The number of halogens is 1. The number of likely N-dealkylation sites (tertiary alicyclic amines) is 1. The van der Waals surface area contributed by atoms with Gasteiger partial charge in [-0.15, -0.1) is 0 Å². The average Bonchev–Trinajstić information content (AvgIpc) is 3.72. The van der Waals surface area contributed by atoms with Crippen molar-refractivity contribution >= 4 is 22.6 Å². The summed E-state index contributed by atoms with van der Waals surface area (Å²) in [6, 6.07) is 11.6. The predicted molar refractivity (Wildman–Crippen MR) is 162 cm³/mol. The van der Waals surface area contributed by atoms with E-state index in [4.69, 9.17) is 30.8 Å². The molecule has 0 spiro atoms. The van der Waals surface area contributed by atoms with E-state index in [2.05, 4.69) is 40.2 Å². The van der Waals surface area contributed by atoms with Gasteiger partial charge in [0.1, 0.15) is 17.2 Å². The Kier molecular flexibility index (Phi) is 7.35. The summed E-state index contributed by atoms with van der Waals surface area (Å²) in [5, 5.41) is 4.33. The number of nitrogens with zero attached hydrogens (tertiary/aromatic N) is 6. The maximum Gasteiger partial charge on any atom is 0.439 e. The largest absolute Gasteiger partial charge is 0.443 e. The normalized spacial score (nSPS) is 19.5. The summed E-state index contributed by atoms with van der Waals surface area (Å²) in [6.07, 6.45) is 5.28. The van der Waals surface area contributed by atoms with Crippen LogP contribution in [0.3, 0.4) is 0 Å². The van der Waals surface area contributed by atoms with Crippen molar-refractivity contribution in [2.45, 2.75) is 57.6 Å². The number of aromatic nitrogens is 6. The quantitative estimate of drug-likeness (QED) is 0.257. The third-order valence-corrected chi connectivity index (χ3v) is 8.66. The minimum absolute atomic E-state index is 0.0142. The Morgan fingerprint density at radius 1 is 1.16 bits per heavy atom. The van der Waals surface area contributed by atoms with Crippen molar-refractivity contribution in [1.82, 2.24) is 34.6 Å². The molecule has 4 aromatic heterocycles. The van der Waals surface area contributed by atoms with Crippen LogP contribution in [0.15, 0.2) is 58.1 Å². The summed E-state index contributed by atoms with van der Waals surface area (Å²) < 4.78 is 25.2. The molecule has 12 nitrogen and oxygen atoms in total. The Balaban J connectivity index is 1.08. The van der Waals surface area contributed by atoms with Crippen LogP contribution < -0.4 is 15.2 Å². The average molecular weight is 618 g/mol. The highest BCUT2D eigenvalue weighted by Crippen LogP contribution is 2.49. The zero-order chi connectivity index (χ0) is 30.4. The summed E-state index contributed by atoms with van der Waals surface area (Å²) in [5.74, 6) is 1.40. The molecular weight excluding hydrogens is 586 g/mol. The number of rotatable bonds is 8. The van der Waals surface area contributed by atoms with E-state index in [1.165, 1.54) is 0 Å². The van der Waals surface area contributed by atoms with Crippen LogP contribution in [0.25, 0.3) is 22.6 Å². The zero-order valence-corrected chi connectivity index (χ0v) is 25.4. The molecule has 2 aliphatic heterocycles. The number of para-hydroxylation sites is 1. The van der Waals surface area contributed by atoms with Gasteiger partial charge in [-0.3, -0.25) is 24.4 Å². The smallest absolute Gasteiger partial charge is 0.439 e. The van der Waals surface area contributed by atoms with Crippen LogP contribution in [0.5, 0.6) is 11.5 Å². The van der Waals surface area contributed by atoms with Crippen molar-refractivity contribution in [3.8, 4) is 23.0 Å². The van der Waals surface area contributed by atoms with E-state index in [-0.39, 0.29) is 11.9 Å². The zero-order valence-electron chi connectivity index (χ0n) is 24.6. The van der Waals surface area contributed by atoms with E-state index in [1.54, 1.807) is 25.6 Å². The van der Waals surface area contributed by atoms with Crippen LogP contribution in [0.4, 0.5) is 0 Å². The number of ether oxygens (including phenoxy) is 3. The third kappa shape index (κ3) is 5.33. The molecule has 2 atom stereocenters. The number of benzene rings is 1. The summed E-state index contributed by atoms with van der Waals surface area (Å²) in [7, 11) is 1.70. The molecule has 5 aromatic rings. The molecule has 2 aliphatic rings. The number of H-pyrrole nitrogens is 1. The van der Waals surface area contributed by atoms with E-state index in [0.717, 1.165) is 59.9 Å². The first-order valence-corrected chi connectivity index (χ1v) is 15.0. The molecule has 0 saturated carbocycles. The maximum absolute atomic E-state index is 11.5. The van der Waals surface area contributed by atoms with Crippen molar-refractivity contribution in [2.75, 3.05) is 20.2 Å². The molecule has 2 unspecified atom stereocenters. The van der Waals surface area contributed by atoms with Crippen molar-refractivity contribution in [3.63, 3.8) is 0 Å². The molecule has 1 fully saturated rings. The fourth-order valence-electron chi connectivity index (χ4n) is 6.02. The van der Waals surface area contributed by atoms with Gasteiger partial charge in [0.25, 0.3) is 5.79 Å². The molecule has 44 heavy (non-hydrogen) atoms. The van der Waals surface area contributed by atoms with Crippen molar-refractivity contribution in [2.24, 2.45) is 0 Å². The SMILES string of the molecule is COC(C)Cn1c(CN2CCC(c3cccc4c3OC(C)(c3ccc(Cl)cn3)O4)CC2)nc2cc(-c3noc(=O)[nH]3)ncc21. The molecule has 1 N–H and O–H groups in total. The number of imidazole rings is 1. The number of pyridine rings is 2. The molecule has 0 radical (unpaired) electrons. The Hall–Kier alpha value is -4.26. The Labute approximate surface area is 257 Å². The van der Waals surface area contributed by atoms with E-state index in [1.807, 2.05) is 38.1 Å². The molecule has 7 rings (SSSR count). The lowest BCUT2D eigenvalue weighted by molar-refractivity contribution is -0.0722. The highest BCUT2D eigenvalue weighted by Gasteiger charge is 2.42. The summed E-state index contributed by atoms with van der Waals surface area (Å²) in [5.41, 5.74) is 3.97. The number of aromatic amines is 1. The molecule has 13 heteroatoms. The molecule has 228 valence electrons. The van der Waals surface area contributed by atoms with Crippen LogP contribution in [-0.4, -0.2) is 60.9 Å². The standard InChI is InChI=1S/C31H32ClN7O5/c1-18(41-3)16-39-24-15-33-23(29-36-30(40)44-37-29)13-22(24)35-27(39)17-38-11-9-19(10-12-38)21-5-4-6-25-28(21)43-31(2,42-25)26-8-7-20(32)14-34-26/h4-8,13-15,18-19H,9-12,16-17H2,1-3H3,(H,36,37,40). The molecule has 0 aliphatic carbocycles. The van der Waals surface area contributed by atoms with Crippen molar-refractivity contribution in [3.05, 3.63) is 81.4 Å². The summed E-state index contributed by atoms with van der Waals surface area (Å²) in [6.45, 7) is 7.03. The molecule has 6 heterocycles. The first kappa shape index (κ1) is 28.5. The van der Waals surface area contributed by atoms with Crippen molar-refractivity contribution in [1.29, 1.82) is 0 Å².